The van der Waals surface area contributed by atoms with Crippen LogP contribution in [-0.4, -0.2) is 25.6 Å². The minimum Gasteiger partial charge on any atom is -0.344 e. The second kappa shape index (κ2) is 5.04. The van der Waals surface area contributed by atoms with Crippen molar-refractivity contribution in [3.63, 3.8) is 0 Å². The molecule has 2 heterocycles. The van der Waals surface area contributed by atoms with Crippen molar-refractivity contribution < 1.29 is 9.32 Å². The molecule has 0 spiro atoms. The van der Waals surface area contributed by atoms with Crippen molar-refractivity contribution in [2.75, 3.05) is 0 Å². The molecule has 1 N–H and O–H groups in total. The summed E-state index contributed by atoms with van der Waals surface area (Å²) in [6.07, 6.45) is 0.749. The van der Waals surface area contributed by atoms with Crippen LogP contribution in [0.1, 0.15) is 39.2 Å². The molecule has 2 rings (SSSR count). The molecule has 0 saturated heterocycles. The first-order valence-corrected chi connectivity index (χ1v) is 6.66. The van der Waals surface area contributed by atoms with E-state index in [1.165, 1.54) is 18.5 Å². The summed E-state index contributed by atoms with van der Waals surface area (Å²) in [4.78, 5) is 16.3. The van der Waals surface area contributed by atoms with Crippen molar-refractivity contribution in [3.05, 3.63) is 11.5 Å². The summed E-state index contributed by atoms with van der Waals surface area (Å²) in [6.45, 7) is 7.06. The quantitative estimate of drug-likeness (QED) is 0.913. The summed E-state index contributed by atoms with van der Waals surface area (Å²) in [6, 6.07) is 0. The van der Waals surface area contributed by atoms with Crippen molar-refractivity contribution in [1.82, 2.24) is 25.0 Å². The van der Waals surface area contributed by atoms with Gasteiger partial charge in [0.1, 0.15) is 4.88 Å². The Morgan fingerprint density at radius 3 is 2.84 bits per heavy atom. The standard InChI is InChI=1S/C11H15N5O2S/c1-5-7-8(19-16-14-7)9-12-10(15-18-9)11(3,4)13-6(2)17/h5H2,1-4H3,(H,13,17). The van der Waals surface area contributed by atoms with E-state index in [1.54, 1.807) is 0 Å². The molecule has 0 aliphatic heterocycles. The fourth-order valence-electron chi connectivity index (χ4n) is 1.67. The van der Waals surface area contributed by atoms with Crippen LogP contribution >= 0.6 is 11.5 Å². The lowest BCUT2D eigenvalue weighted by Crippen LogP contribution is -2.40. The Morgan fingerprint density at radius 2 is 2.21 bits per heavy atom. The molecule has 7 nitrogen and oxygen atoms in total. The van der Waals surface area contributed by atoms with Crippen LogP contribution < -0.4 is 5.32 Å². The number of hydrogen-bond acceptors (Lipinski definition) is 7. The van der Waals surface area contributed by atoms with E-state index < -0.39 is 5.54 Å². The molecule has 0 aliphatic rings. The minimum absolute atomic E-state index is 0.148. The normalized spacial score (nSPS) is 11.6. The summed E-state index contributed by atoms with van der Waals surface area (Å²) >= 11 is 1.22. The second-order valence-corrected chi connectivity index (χ2v) is 5.39. The Kier molecular flexibility index (Phi) is 3.61. The Morgan fingerprint density at radius 1 is 1.47 bits per heavy atom. The van der Waals surface area contributed by atoms with Crippen LogP contribution in [0, 0.1) is 0 Å². The van der Waals surface area contributed by atoms with Crippen LogP contribution in [0.15, 0.2) is 4.52 Å². The SMILES string of the molecule is CCc1nnsc1-c1nc(C(C)(C)NC(C)=O)no1. The molecule has 0 unspecified atom stereocenters. The molecule has 0 bridgehead atoms. The first-order chi connectivity index (χ1) is 8.94. The van der Waals surface area contributed by atoms with E-state index >= 15 is 0 Å². The van der Waals surface area contributed by atoms with Crippen molar-refractivity contribution in [2.24, 2.45) is 0 Å². The van der Waals surface area contributed by atoms with Crippen LogP contribution in [0.5, 0.6) is 0 Å². The highest BCUT2D eigenvalue weighted by molar-refractivity contribution is 7.09. The van der Waals surface area contributed by atoms with Crippen molar-refractivity contribution in [1.29, 1.82) is 0 Å². The number of amides is 1. The van der Waals surface area contributed by atoms with Crippen LogP contribution in [0.25, 0.3) is 10.8 Å². The number of nitrogens with zero attached hydrogens (tertiary/aromatic N) is 4. The second-order valence-electron chi connectivity index (χ2n) is 4.63. The number of nitrogens with one attached hydrogen (secondary N) is 1. The highest BCUT2D eigenvalue weighted by Gasteiger charge is 2.28. The first kappa shape index (κ1) is 13.6. The lowest BCUT2D eigenvalue weighted by atomic mass is 10.1. The molecule has 8 heteroatoms. The van der Waals surface area contributed by atoms with E-state index in [0.29, 0.717) is 11.7 Å². The van der Waals surface area contributed by atoms with E-state index in [2.05, 4.69) is 25.0 Å². The van der Waals surface area contributed by atoms with Gasteiger partial charge in [-0.3, -0.25) is 4.79 Å². The van der Waals surface area contributed by atoms with Gasteiger partial charge >= 0.3 is 0 Å². The Hall–Kier alpha value is -1.83. The molecule has 102 valence electrons. The van der Waals surface area contributed by atoms with E-state index in [-0.39, 0.29) is 5.91 Å². The summed E-state index contributed by atoms with van der Waals surface area (Å²) in [5, 5.41) is 10.7. The number of carbonyl (C=O) groups excluding carboxylic acids is 1. The van der Waals surface area contributed by atoms with Crippen LogP contribution in [-0.2, 0) is 16.8 Å². The minimum atomic E-state index is -0.682. The van der Waals surface area contributed by atoms with Gasteiger partial charge < -0.3 is 9.84 Å². The summed E-state index contributed by atoms with van der Waals surface area (Å²) in [5.74, 6) is 0.665. The predicted molar refractivity (Wildman–Crippen MR) is 69.4 cm³/mol. The molecule has 0 atom stereocenters. The van der Waals surface area contributed by atoms with E-state index in [0.717, 1.165) is 17.0 Å². The molecule has 0 saturated carbocycles. The number of rotatable bonds is 4. The van der Waals surface area contributed by atoms with Gasteiger partial charge in [-0.25, -0.2) is 0 Å². The summed E-state index contributed by atoms with van der Waals surface area (Å²) in [7, 11) is 0. The topological polar surface area (TPSA) is 93.8 Å². The monoisotopic (exact) mass is 281 g/mol. The molecule has 0 aliphatic carbocycles. The van der Waals surface area contributed by atoms with Gasteiger partial charge in [-0.15, -0.1) is 5.10 Å². The fourth-order valence-corrected chi connectivity index (χ4v) is 2.34. The van der Waals surface area contributed by atoms with Gasteiger partial charge in [-0.2, -0.15) is 4.98 Å². The lowest BCUT2D eigenvalue weighted by molar-refractivity contribution is -0.120. The molecule has 19 heavy (non-hydrogen) atoms. The van der Waals surface area contributed by atoms with Gasteiger partial charge in [0.2, 0.25) is 5.91 Å². The maximum atomic E-state index is 11.2. The van der Waals surface area contributed by atoms with Gasteiger partial charge in [0, 0.05) is 6.92 Å². The maximum absolute atomic E-state index is 11.2. The third-order valence-corrected chi connectivity index (χ3v) is 3.31. The predicted octanol–water partition coefficient (Wildman–Crippen LogP) is 1.52. The molecule has 2 aromatic heterocycles. The van der Waals surface area contributed by atoms with E-state index in [9.17, 15) is 4.79 Å². The zero-order chi connectivity index (χ0) is 14.0. The smallest absolute Gasteiger partial charge is 0.271 e. The lowest BCUT2D eigenvalue weighted by Gasteiger charge is -2.20. The molecule has 2 aromatic rings. The zero-order valence-corrected chi connectivity index (χ0v) is 12.0. The molecule has 0 radical (unpaired) electrons. The Balaban J connectivity index is 2.31. The largest absolute Gasteiger partial charge is 0.344 e. The molecular weight excluding hydrogens is 266 g/mol. The summed E-state index contributed by atoms with van der Waals surface area (Å²) in [5.41, 5.74) is 0.149. The highest BCUT2D eigenvalue weighted by Crippen LogP contribution is 2.27. The van der Waals surface area contributed by atoms with Gasteiger partial charge in [0.25, 0.3) is 5.89 Å². The van der Waals surface area contributed by atoms with E-state index in [4.69, 9.17) is 4.52 Å². The van der Waals surface area contributed by atoms with Crippen molar-refractivity contribution in [3.8, 4) is 10.8 Å². The molecule has 0 fully saturated rings. The Bertz CT molecular complexity index is 589. The van der Waals surface area contributed by atoms with Crippen LogP contribution in [0.3, 0.4) is 0 Å². The van der Waals surface area contributed by atoms with Crippen molar-refractivity contribution in [2.45, 2.75) is 39.7 Å². The van der Waals surface area contributed by atoms with Gasteiger partial charge in [-0.05, 0) is 31.8 Å². The molecular formula is C11H15N5O2S. The summed E-state index contributed by atoms with van der Waals surface area (Å²) < 4.78 is 9.12. The molecule has 0 aromatic carbocycles. The van der Waals surface area contributed by atoms with Gasteiger partial charge in [0.15, 0.2) is 5.82 Å². The van der Waals surface area contributed by atoms with Gasteiger partial charge in [-0.1, -0.05) is 16.6 Å². The third kappa shape index (κ3) is 2.78. The average Bonchev–Trinajstić information content (AvgIpc) is 2.95. The third-order valence-electron chi connectivity index (χ3n) is 2.56. The van der Waals surface area contributed by atoms with Gasteiger partial charge in [0.05, 0.1) is 11.2 Å². The van der Waals surface area contributed by atoms with Crippen molar-refractivity contribution >= 4 is 17.4 Å². The number of aryl methyl sites for hydroxylation is 1. The van der Waals surface area contributed by atoms with Crippen LogP contribution in [0.2, 0.25) is 0 Å². The average molecular weight is 281 g/mol. The number of aromatic nitrogens is 4. The van der Waals surface area contributed by atoms with E-state index in [1.807, 2.05) is 20.8 Å². The number of carbonyl (C=O) groups is 1. The maximum Gasteiger partial charge on any atom is 0.271 e. The number of hydrogen-bond donors (Lipinski definition) is 1. The first-order valence-electron chi connectivity index (χ1n) is 5.88. The fraction of sp³-hybridized carbons (Fsp3) is 0.545. The Labute approximate surface area is 114 Å². The zero-order valence-electron chi connectivity index (χ0n) is 11.2. The molecule has 1 amide bonds. The van der Waals surface area contributed by atoms with Crippen LogP contribution in [0.4, 0.5) is 0 Å². The highest BCUT2D eigenvalue weighted by atomic mass is 32.1.